The largest absolute Gasteiger partial charge is 0.354 e. The first kappa shape index (κ1) is 17.2. The first-order valence-corrected chi connectivity index (χ1v) is 8.71. The average Bonchev–Trinajstić information content (AvgIpc) is 2.51. The molecule has 1 saturated heterocycles. The van der Waals surface area contributed by atoms with E-state index in [1.807, 2.05) is 0 Å². The van der Waals surface area contributed by atoms with Gasteiger partial charge in [-0.3, -0.25) is 4.79 Å². The van der Waals surface area contributed by atoms with Crippen LogP contribution in [0.5, 0.6) is 0 Å². The van der Waals surface area contributed by atoms with Gasteiger partial charge >= 0.3 is 6.03 Å². The molecule has 3 amide bonds. The number of carbonyl (C=O) groups excluding carboxylic acids is 2. The van der Waals surface area contributed by atoms with Crippen LogP contribution in [0.2, 0.25) is 0 Å². The fourth-order valence-electron chi connectivity index (χ4n) is 2.31. The number of nitrogens with one attached hydrogen (secondary N) is 4. The summed E-state index contributed by atoms with van der Waals surface area (Å²) in [6.07, 6.45) is 1.37. The molecule has 9 heteroatoms. The van der Waals surface area contributed by atoms with E-state index in [9.17, 15) is 18.0 Å². The zero-order chi connectivity index (χ0) is 17.0. The van der Waals surface area contributed by atoms with Crippen molar-refractivity contribution in [2.24, 2.45) is 0 Å². The highest BCUT2D eigenvalue weighted by molar-refractivity contribution is 7.89. The number of carbonyl (C=O) groups is 2. The average molecular weight is 340 g/mol. The van der Waals surface area contributed by atoms with Crippen LogP contribution >= 0.6 is 0 Å². The van der Waals surface area contributed by atoms with Crippen molar-refractivity contribution in [1.29, 1.82) is 0 Å². The minimum atomic E-state index is -3.61. The van der Waals surface area contributed by atoms with Gasteiger partial charge in [0.1, 0.15) is 6.04 Å². The van der Waals surface area contributed by atoms with E-state index in [-0.39, 0.29) is 10.8 Å². The predicted molar refractivity (Wildman–Crippen MR) is 85.6 cm³/mol. The van der Waals surface area contributed by atoms with Crippen molar-refractivity contribution in [3.8, 4) is 0 Å². The zero-order valence-corrected chi connectivity index (χ0v) is 13.8. The molecule has 0 aliphatic carbocycles. The quantitative estimate of drug-likeness (QED) is 0.631. The van der Waals surface area contributed by atoms with E-state index in [1.165, 1.54) is 13.1 Å². The molecule has 4 N–H and O–H groups in total. The third-order valence-electron chi connectivity index (χ3n) is 3.59. The van der Waals surface area contributed by atoms with Crippen molar-refractivity contribution in [1.82, 2.24) is 15.4 Å². The van der Waals surface area contributed by atoms with Gasteiger partial charge in [-0.15, -0.1) is 0 Å². The molecular weight excluding hydrogens is 320 g/mol. The van der Waals surface area contributed by atoms with Gasteiger partial charge in [-0.2, -0.15) is 0 Å². The second kappa shape index (κ2) is 6.97. The highest BCUT2D eigenvalue weighted by Crippen LogP contribution is 2.20. The Bertz CT molecular complexity index is 717. The van der Waals surface area contributed by atoms with Crippen molar-refractivity contribution in [2.75, 3.05) is 18.9 Å². The van der Waals surface area contributed by atoms with Crippen LogP contribution in [0.3, 0.4) is 0 Å². The van der Waals surface area contributed by atoms with Crippen molar-refractivity contribution in [2.45, 2.75) is 30.7 Å². The molecule has 0 spiro atoms. The molecule has 0 unspecified atom stereocenters. The van der Waals surface area contributed by atoms with Gasteiger partial charge in [-0.1, -0.05) is 6.07 Å². The highest BCUT2D eigenvalue weighted by Gasteiger charge is 2.23. The van der Waals surface area contributed by atoms with Gasteiger partial charge in [-0.05, 0) is 44.5 Å². The van der Waals surface area contributed by atoms with Crippen LogP contribution in [-0.2, 0) is 14.8 Å². The van der Waals surface area contributed by atoms with Crippen molar-refractivity contribution in [3.05, 3.63) is 23.8 Å². The molecule has 1 fully saturated rings. The summed E-state index contributed by atoms with van der Waals surface area (Å²) < 4.78 is 26.1. The van der Waals surface area contributed by atoms with Crippen LogP contribution in [0.15, 0.2) is 23.1 Å². The van der Waals surface area contributed by atoms with E-state index in [0.717, 1.165) is 6.42 Å². The van der Waals surface area contributed by atoms with Crippen molar-refractivity contribution >= 4 is 27.6 Å². The third kappa shape index (κ3) is 4.20. The van der Waals surface area contributed by atoms with Crippen molar-refractivity contribution < 1.29 is 18.0 Å². The molecule has 1 aliphatic rings. The minimum absolute atomic E-state index is 0.0909. The maximum Gasteiger partial charge on any atom is 0.319 e. The van der Waals surface area contributed by atoms with Gasteiger partial charge in [0.05, 0.1) is 4.90 Å². The van der Waals surface area contributed by atoms with E-state index >= 15 is 0 Å². The summed E-state index contributed by atoms with van der Waals surface area (Å²) in [4.78, 5) is 23.7. The number of hydrogen-bond donors (Lipinski definition) is 4. The lowest BCUT2D eigenvalue weighted by Crippen LogP contribution is -2.51. The second-order valence-electron chi connectivity index (χ2n) is 5.27. The minimum Gasteiger partial charge on any atom is -0.354 e. The Labute approximate surface area is 135 Å². The fraction of sp³-hybridized carbons (Fsp3) is 0.429. The number of hydrogen-bond acceptors (Lipinski definition) is 4. The lowest BCUT2D eigenvalue weighted by atomic mass is 10.1. The summed E-state index contributed by atoms with van der Waals surface area (Å²) in [6.45, 7) is 2.28. The number of amides is 3. The number of urea groups is 1. The molecule has 0 bridgehead atoms. The molecule has 23 heavy (non-hydrogen) atoms. The zero-order valence-electron chi connectivity index (χ0n) is 13.0. The van der Waals surface area contributed by atoms with Gasteiger partial charge in [-0.25, -0.2) is 17.9 Å². The third-order valence-corrected chi connectivity index (χ3v) is 5.15. The topological polar surface area (TPSA) is 116 Å². The van der Waals surface area contributed by atoms with Crippen LogP contribution in [-0.4, -0.2) is 40.0 Å². The highest BCUT2D eigenvalue weighted by atomic mass is 32.2. The van der Waals surface area contributed by atoms with Crippen LogP contribution in [0.25, 0.3) is 0 Å². The molecule has 2 rings (SSSR count). The molecule has 1 aromatic carbocycles. The Kier molecular flexibility index (Phi) is 5.22. The van der Waals surface area contributed by atoms with E-state index < -0.39 is 22.1 Å². The maximum atomic E-state index is 12.0. The van der Waals surface area contributed by atoms with Crippen molar-refractivity contribution in [3.63, 3.8) is 0 Å². The lowest BCUT2D eigenvalue weighted by molar-refractivity contribution is -0.124. The molecule has 1 aromatic rings. The SMILES string of the molecule is CNS(=O)(=O)c1cc(NC(=O)N[C@H]2CCCNC2=O)ccc1C. The first-order valence-electron chi connectivity index (χ1n) is 7.23. The number of aryl methyl sites for hydroxylation is 1. The summed E-state index contributed by atoms with van der Waals surface area (Å²) in [5.74, 6) is -0.214. The van der Waals surface area contributed by atoms with Gasteiger partial charge in [0.15, 0.2) is 0 Å². The van der Waals surface area contributed by atoms with Crippen LogP contribution in [0.1, 0.15) is 18.4 Å². The summed E-state index contributed by atoms with van der Waals surface area (Å²) in [6, 6.07) is 3.46. The van der Waals surface area contributed by atoms with E-state index in [0.29, 0.717) is 24.2 Å². The number of anilines is 1. The second-order valence-corrected chi connectivity index (χ2v) is 7.13. The summed E-state index contributed by atoms with van der Waals surface area (Å²) in [7, 11) is -2.29. The molecule has 0 saturated carbocycles. The Balaban J connectivity index is 2.09. The molecule has 1 atom stereocenters. The Hall–Kier alpha value is -2.13. The van der Waals surface area contributed by atoms with Gasteiger partial charge in [0.2, 0.25) is 15.9 Å². The van der Waals surface area contributed by atoms with Crippen LogP contribution in [0, 0.1) is 6.92 Å². The van der Waals surface area contributed by atoms with Gasteiger partial charge in [0.25, 0.3) is 0 Å². The summed E-state index contributed by atoms with van der Waals surface area (Å²) >= 11 is 0. The normalized spacial score (nSPS) is 18.2. The fourth-order valence-corrected chi connectivity index (χ4v) is 3.31. The standard InChI is InChI=1S/C14H20N4O4S/c1-9-5-6-10(8-12(9)23(21,22)15-2)17-14(20)18-11-4-3-7-16-13(11)19/h5-6,8,11,15H,3-4,7H2,1-2H3,(H,16,19)(H2,17,18,20)/t11-/m0/s1. The van der Waals surface area contributed by atoms with Crippen LogP contribution in [0.4, 0.5) is 10.5 Å². The summed E-state index contributed by atoms with van der Waals surface area (Å²) in [5, 5.41) is 7.80. The Morgan fingerprint density at radius 3 is 2.74 bits per heavy atom. The lowest BCUT2D eigenvalue weighted by Gasteiger charge is -2.23. The number of sulfonamides is 1. The molecule has 126 valence electrons. The monoisotopic (exact) mass is 340 g/mol. The molecule has 1 aliphatic heterocycles. The smallest absolute Gasteiger partial charge is 0.319 e. The van der Waals surface area contributed by atoms with Gasteiger partial charge < -0.3 is 16.0 Å². The maximum absolute atomic E-state index is 12.0. The molecule has 0 radical (unpaired) electrons. The van der Waals surface area contributed by atoms with E-state index in [4.69, 9.17) is 0 Å². The van der Waals surface area contributed by atoms with Crippen LogP contribution < -0.4 is 20.7 Å². The molecule has 8 nitrogen and oxygen atoms in total. The summed E-state index contributed by atoms with van der Waals surface area (Å²) in [5.41, 5.74) is 0.898. The number of rotatable bonds is 4. The molecule has 1 heterocycles. The van der Waals surface area contributed by atoms with E-state index in [2.05, 4.69) is 20.7 Å². The Morgan fingerprint density at radius 2 is 2.09 bits per heavy atom. The first-order chi connectivity index (χ1) is 10.8. The predicted octanol–water partition coefficient (Wildman–Crippen LogP) is 0.303. The number of benzene rings is 1. The molecule has 0 aromatic heterocycles. The van der Waals surface area contributed by atoms with E-state index in [1.54, 1.807) is 19.1 Å². The molecular formula is C14H20N4O4S. The Morgan fingerprint density at radius 1 is 1.35 bits per heavy atom. The number of piperidine rings is 1. The van der Waals surface area contributed by atoms with Gasteiger partial charge in [0, 0.05) is 12.2 Å².